The first kappa shape index (κ1) is 18.4. The highest BCUT2D eigenvalue weighted by Crippen LogP contribution is 2.41. The van der Waals surface area contributed by atoms with Gasteiger partial charge < -0.3 is 24.6 Å². The average molecular weight is 355 g/mol. The molecule has 0 radical (unpaired) electrons. The number of nitrogens with zero attached hydrogens (tertiary/aromatic N) is 2. The van der Waals surface area contributed by atoms with E-state index in [1.807, 2.05) is 19.0 Å². The molecular formula is C15H21N3O5S. The van der Waals surface area contributed by atoms with Crippen molar-refractivity contribution in [2.75, 3.05) is 46.7 Å². The van der Waals surface area contributed by atoms with E-state index in [9.17, 15) is 15.0 Å². The van der Waals surface area contributed by atoms with Gasteiger partial charge in [0.2, 0.25) is 0 Å². The zero-order chi connectivity index (χ0) is 17.7. The molecule has 0 saturated carbocycles. The fourth-order valence-corrected chi connectivity index (χ4v) is 2.92. The number of nitrogens with one attached hydrogen (secondary N) is 1. The van der Waals surface area contributed by atoms with Crippen molar-refractivity contribution < 1.29 is 24.5 Å². The summed E-state index contributed by atoms with van der Waals surface area (Å²) in [6.07, 6.45) is 0. The molecule has 0 amide bonds. The molecule has 1 aromatic carbocycles. The lowest BCUT2D eigenvalue weighted by Crippen LogP contribution is -2.18. The van der Waals surface area contributed by atoms with Crippen molar-refractivity contribution in [2.24, 2.45) is 0 Å². The first-order chi connectivity index (χ1) is 11.5. The standard InChI is InChI=1S/C15H21N3O5S/c1-18(2)4-5-23-6-7-24-10-8-9(19)12-11(14(10)20)13(17-16-12)15(21)22-3/h8,19-20H,4-7H2,1-3H3,(H,16,17). The van der Waals surface area contributed by atoms with Crippen molar-refractivity contribution in [1.82, 2.24) is 15.1 Å². The summed E-state index contributed by atoms with van der Waals surface area (Å²) in [4.78, 5) is 14.2. The smallest absolute Gasteiger partial charge is 0.356 e. The Bertz CT molecular complexity index is 717. The minimum absolute atomic E-state index is 0.00461. The number of aromatic nitrogens is 2. The van der Waals surface area contributed by atoms with Crippen LogP contribution in [0.5, 0.6) is 11.5 Å². The van der Waals surface area contributed by atoms with Crippen molar-refractivity contribution in [3.05, 3.63) is 11.8 Å². The van der Waals surface area contributed by atoms with Crippen LogP contribution in [0, 0.1) is 0 Å². The van der Waals surface area contributed by atoms with Crippen molar-refractivity contribution in [3.8, 4) is 11.5 Å². The Morgan fingerprint density at radius 3 is 2.79 bits per heavy atom. The van der Waals surface area contributed by atoms with Crippen molar-refractivity contribution in [2.45, 2.75) is 4.90 Å². The number of rotatable bonds is 8. The quantitative estimate of drug-likeness (QED) is 0.282. The minimum Gasteiger partial charge on any atom is -0.506 e. The third kappa shape index (κ3) is 4.11. The molecule has 0 atom stereocenters. The summed E-state index contributed by atoms with van der Waals surface area (Å²) in [5, 5.41) is 27.0. The second-order valence-electron chi connectivity index (χ2n) is 5.32. The Morgan fingerprint density at radius 1 is 1.38 bits per heavy atom. The zero-order valence-electron chi connectivity index (χ0n) is 13.8. The number of fused-ring (bicyclic) bond motifs is 1. The molecule has 0 aliphatic carbocycles. The van der Waals surface area contributed by atoms with Gasteiger partial charge in [-0.15, -0.1) is 11.8 Å². The number of ether oxygens (including phenoxy) is 2. The summed E-state index contributed by atoms with van der Waals surface area (Å²) >= 11 is 1.32. The molecule has 0 spiro atoms. The number of likely N-dealkylation sites (N-methyl/N-ethyl adjacent to an activating group) is 1. The fourth-order valence-electron chi connectivity index (χ4n) is 2.06. The molecule has 0 unspecified atom stereocenters. The number of esters is 1. The summed E-state index contributed by atoms with van der Waals surface area (Å²) in [5.74, 6) is -0.306. The number of carbonyl (C=O) groups is 1. The molecule has 8 nitrogen and oxygen atoms in total. The third-order valence-corrected chi connectivity index (χ3v) is 4.30. The number of hydrogen-bond acceptors (Lipinski definition) is 8. The summed E-state index contributed by atoms with van der Waals surface area (Å²) in [7, 11) is 5.17. The predicted molar refractivity (Wildman–Crippen MR) is 90.9 cm³/mol. The van der Waals surface area contributed by atoms with Gasteiger partial charge in [0.15, 0.2) is 5.69 Å². The number of phenols is 2. The highest BCUT2D eigenvalue weighted by molar-refractivity contribution is 7.99. The number of methoxy groups -OCH3 is 1. The number of thioether (sulfide) groups is 1. The van der Waals surface area contributed by atoms with E-state index in [0.717, 1.165) is 6.54 Å². The van der Waals surface area contributed by atoms with E-state index in [1.165, 1.54) is 24.9 Å². The predicted octanol–water partition coefficient (Wildman–Crippen LogP) is 1.43. The molecule has 1 aromatic heterocycles. The summed E-state index contributed by atoms with van der Waals surface area (Å²) in [5.41, 5.74) is 0.129. The molecule has 0 aliphatic rings. The molecule has 0 fully saturated rings. The maximum Gasteiger partial charge on any atom is 0.356 e. The van der Waals surface area contributed by atoms with E-state index in [2.05, 4.69) is 14.9 Å². The van der Waals surface area contributed by atoms with Crippen LogP contribution in [-0.2, 0) is 9.47 Å². The van der Waals surface area contributed by atoms with E-state index in [1.54, 1.807) is 0 Å². The number of phenolic OH excluding ortho intramolecular Hbond substituents is 2. The van der Waals surface area contributed by atoms with Gasteiger partial charge in [0.1, 0.15) is 17.0 Å². The molecule has 0 saturated heterocycles. The van der Waals surface area contributed by atoms with E-state index < -0.39 is 5.97 Å². The van der Waals surface area contributed by atoms with Gasteiger partial charge >= 0.3 is 5.97 Å². The maximum atomic E-state index is 11.7. The van der Waals surface area contributed by atoms with Gasteiger partial charge in [-0.25, -0.2) is 4.79 Å². The largest absolute Gasteiger partial charge is 0.506 e. The Hall–Kier alpha value is -1.97. The van der Waals surface area contributed by atoms with E-state index in [0.29, 0.717) is 23.9 Å². The van der Waals surface area contributed by atoms with E-state index in [4.69, 9.17) is 4.74 Å². The normalized spacial score (nSPS) is 11.3. The second-order valence-corrected chi connectivity index (χ2v) is 6.46. The molecule has 9 heteroatoms. The molecule has 132 valence electrons. The van der Waals surface area contributed by atoms with Crippen molar-refractivity contribution in [1.29, 1.82) is 0 Å². The van der Waals surface area contributed by atoms with Crippen LogP contribution in [0.1, 0.15) is 10.5 Å². The van der Waals surface area contributed by atoms with Crippen LogP contribution in [0.25, 0.3) is 10.9 Å². The summed E-state index contributed by atoms with van der Waals surface area (Å²) in [6, 6.07) is 1.42. The Balaban J connectivity index is 2.10. The number of aromatic amines is 1. The maximum absolute atomic E-state index is 11.7. The van der Waals surface area contributed by atoms with Crippen LogP contribution in [0.4, 0.5) is 0 Å². The average Bonchev–Trinajstić information content (AvgIpc) is 2.99. The van der Waals surface area contributed by atoms with Crippen LogP contribution >= 0.6 is 11.8 Å². The highest BCUT2D eigenvalue weighted by atomic mass is 32.2. The minimum atomic E-state index is -0.665. The van der Waals surface area contributed by atoms with Crippen molar-refractivity contribution in [3.63, 3.8) is 0 Å². The molecule has 2 rings (SSSR count). The Morgan fingerprint density at radius 2 is 2.12 bits per heavy atom. The molecule has 24 heavy (non-hydrogen) atoms. The molecule has 2 aromatic rings. The van der Waals surface area contributed by atoms with Gasteiger partial charge in [0.05, 0.1) is 30.6 Å². The lowest BCUT2D eigenvalue weighted by atomic mass is 10.1. The molecule has 3 N–H and O–H groups in total. The first-order valence-electron chi connectivity index (χ1n) is 7.32. The third-order valence-electron chi connectivity index (χ3n) is 3.30. The molecular weight excluding hydrogens is 334 g/mol. The lowest BCUT2D eigenvalue weighted by Gasteiger charge is -2.10. The number of carbonyl (C=O) groups excluding carboxylic acids is 1. The van der Waals surface area contributed by atoms with Crippen LogP contribution in [0.3, 0.4) is 0 Å². The number of hydrogen-bond donors (Lipinski definition) is 3. The zero-order valence-corrected chi connectivity index (χ0v) is 14.6. The SMILES string of the molecule is COC(=O)c1[nH]nc2c(O)cc(SCCOCCN(C)C)c(O)c12. The second kappa shape index (κ2) is 8.22. The number of H-pyrrole nitrogens is 1. The van der Waals surface area contributed by atoms with Crippen LogP contribution in [-0.4, -0.2) is 78.0 Å². The van der Waals surface area contributed by atoms with Gasteiger partial charge in [-0.1, -0.05) is 0 Å². The van der Waals surface area contributed by atoms with Gasteiger partial charge in [0.25, 0.3) is 0 Å². The van der Waals surface area contributed by atoms with Gasteiger partial charge in [-0.05, 0) is 20.2 Å². The lowest BCUT2D eigenvalue weighted by molar-refractivity contribution is 0.0596. The van der Waals surface area contributed by atoms with E-state index >= 15 is 0 Å². The summed E-state index contributed by atoms with van der Waals surface area (Å²) in [6.45, 7) is 1.96. The monoisotopic (exact) mass is 355 g/mol. The highest BCUT2D eigenvalue weighted by Gasteiger charge is 2.22. The topological polar surface area (TPSA) is 108 Å². The van der Waals surface area contributed by atoms with Crippen LogP contribution < -0.4 is 0 Å². The Labute approximate surface area is 143 Å². The molecule has 0 aliphatic heterocycles. The van der Waals surface area contributed by atoms with Gasteiger partial charge in [0, 0.05) is 12.3 Å². The van der Waals surface area contributed by atoms with Gasteiger partial charge in [-0.2, -0.15) is 5.10 Å². The van der Waals surface area contributed by atoms with Crippen LogP contribution in [0.2, 0.25) is 0 Å². The molecule has 0 bridgehead atoms. The van der Waals surface area contributed by atoms with Crippen molar-refractivity contribution >= 4 is 28.6 Å². The summed E-state index contributed by atoms with van der Waals surface area (Å²) < 4.78 is 10.1. The molecule has 1 heterocycles. The number of aromatic hydroxyl groups is 2. The first-order valence-corrected chi connectivity index (χ1v) is 8.30. The Kier molecular flexibility index (Phi) is 6.29. The van der Waals surface area contributed by atoms with Crippen LogP contribution in [0.15, 0.2) is 11.0 Å². The van der Waals surface area contributed by atoms with Gasteiger partial charge in [-0.3, -0.25) is 5.10 Å². The fraction of sp³-hybridized carbons (Fsp3) is 0.467. The number of benzene rings is 1. The van der Waals surface area contributed by atoms with E-state index in [-0.39, 0.29) is 28.1 Å².